The zero-order valence-electron chi connectivity index (χ0n) is 11.7. The summed E-state index contributed by atoms with van der Waals surface area (Å²) in [6.07, 6.45) is 0. The number of rotatable bonds is 2. The lowest BCUT2D eigenvalue weighted by atomic mass is 10.1. The Hall–Kier alpha value is -1.91. The van der Waals surface area contributed by atoms with E-state index in [1.54, 1.807) is 6.07 Å². The maximum absolute atomic E-state index is 9.01. The van der Waals surface area contributed by atoms with Crippen LogP contribution in [0.5, 0.6) is 0 Å². The van der Waals surface area contributed by atoms with Gasteiger partial charge in [0.05, 0.1) is 17.3 Å². The fourth-order valence-corrected chi connectivity index (χ4v) is 3.67. The molecule has 3 aromatic rings. The first-order valence-corrected chi connectivity index (χ1v) is 8.47. The van der Waals surface area contributed by atoms with Gasteiger partial charge in [-0.3, -0.25) is 0 Å². The number of hydrogen-bond acceptors (Lipinski definition) is 4. The Balaban J connectivity index is 2.08. The van der Waals surface area contributed by atoms with E-state index in [-0.39, 0.29) is 0 Å². The summed E-state index contributed by atoms with van der Waals surface area (Å²) in [5, 5.41) is 9.01. The van der Waals surface area contributed by atoms with Crippen molar-refractivity contribution in [3.63, 3.8) is 0 Å². The van der Waals surface area contributed by atoms with Gasteiger partial charge in [0.1, 0.15) is 2.88 Å². The van der Waals surface area contributed by atoms with Crippen LogP contribution in [0.25, 0.3) is 11.3 Å². The maximum Gasteiger partial charge on any atom is 0.280 e. The molecule has 1 aromatic heterocycles. The third-order valence-corrected chi connectivity index (χ3v) is 4.99. The molecule has 0 unspecified atom stereocenters. The van der Waals surface area contributed by atoms with Crippen LogP contribution in [-0.2, 0) is 0 Å². The average Bonchev–Trinajstić information content (AvgIpc) is 2.90. The molecule has 3 rings (SSSR count). The first-order valence-electron chi connectivity index (χ1n) is 6.58. The molecule has 0 bridgehead atoms. The predicted molar refractivity (Wildman–Crippen MR) is 95.9 cm³/mol. The first kappa shape index (κ1) is 15.0. The van der Waals surface area contributed by atoms with Crippen LogP contribution in [-0.4, -0.2) is 0 Å². The molecule has 0 fully saturated rings. The second kappa shape index (κ2) is 6.46. The molecular formula is C17H11IN2OS. The van der Waals surface area contributed by atoms with E-state index in [1.807, 2.05) is 49.4 Å². The van der Waals surface area contributed by atoms with Crippen LogP contribution in [0.1, 0.15) is 11.1 Å². The number of aryl methyl sites for hydroxylation is 1. The van der Waals surface area contributed by atoms with E-state index in [2.05, 4.69) is 33.7 Å². The Morgan fingerprint density at radius 3 is 2.77 bits per heavy atom. The lowest BCUT2D eigenvalue weighted by molar-refractivity contribution is 0.537. The van der Waals surface area contributed by atoms with Gasteiger partial charge in [-0.1, -0.05) is 41.7 Å². The van der Waals surface area contributed by atoms with E-state index in [1.165, 1.54) is 11.3 Å². The third kappa shape index (κ3) is 3.13. The van der Waals surface area contributed by atoms with Crippen molar-refractivity contribution in [3.05, 3.63) is 67.4 Å². The van der Waals surface area contributed by atoms with Gasteiger partial charge >= 0.3 is 0 Å². The Morgan fingerprint density at radius 1 is 1.18 bits per heavy atom. The Morgan fingerprint density at radius 2 is 2.00 bits per heavy atom. The number of para-hydroxylation sites is 1. The second-order valence-electron chi connectivity index (χ2n) is 4.66. The molecule has 108 valence electrons. The highest BCUT2D eigenvalue weighted by Crippen LogP contribution is 2.28. The fraction of sp³-hybridized carbons (Fsp3) is 0.0588. The molecule has 3 nitrogen and oxygen atoms in total. The van der Waals surface area contributed by atoms with Gasteiger partial charge in [-0.25, -0.2) is 4.99 Å². The van der Waals surface area contributed by atoms with Gasteiger partial charge in [0, 0.05) is 5.56 Å². The Labute approximate surface area is 145 Å². The van der Waals surface area contributed by atoms with E-state index in [4.69, 9.17) is 9.68 Å². The molecule has 0 aliphatic carbocycles. The summed E-state index contributed by atoms with van der Waals surface area (Å²) in [4.78, 5) is 5.18. The van der Waals surface area contributed by atoms with Crippen LogP contribution in [0.3, 0.4) is 0 Å². The third-order valence-electron chi connectivity index (χ3n) is 3.13. The minimum absolute atomic E-state index is 0.607. The number of halogens is 1. The summed E-state index contributed by atoms with van der Waals surface area (Å²) < 4.78 is 6.91. The van der Waals surface area contributed by atoms with Crippen molar-refractivity contribution < 1.29 is 4.42 Å². The van der Waals surface area contributed by atoms with Crippen LogP contribution >= 0.6 is 33.9 Å². The molecule has 1 heterocycles. The van der Waals surface area contributed by atoms with Gasteiger partial charge in [0.25, 0.3) is 4.87 Å². The van der Waals surface area contributed by atoms with Gasteiger partial charge in [-0.2, -0.15) is 5.26 Å². The molecule has 0 saturated heterocycles. The van der Waals surface area contributed by atoms with E-state index in [0.29, 0.717) is 10.4 Å². The summed E-state index contributed by atoms with van der Waals surface area (Å²) in [5.41, 5.74) is 3.52. The molecule has 0 aliphatic rings. The monoisotopic (exact) mass is 418 g/mol. The van der Waals surface area contributed by atoms with E-state index >= 15 is 0 Å². The zero-order valence-corrected chi connectivity index (χ0v) is 14.7. The van der Waals surface area contributed by atoms with Crippen molar-refractivity contribution in [1.29, 1.82) is 5.26 Å². The van der Waals surface area contributed by atoms with Crippen molar-refractivity contribution >= 4 is 39.6 Å². The van der Waals surface area contributed by atoms with Crippen molar-refractivity contribution in [2.75, 3.05) is 0 Å². The van der Waals surface area contributed by atoms with Crippen molar-refractivity contribution in [2.24, 2.45) is 4.99 Å². The zero-order chi connectivity index (χ0) is 15.5. The molecule has 5 heteroatoms. The predicted octanol–water partition coefficient (Wildman–Crippen LogP) is 5.03. The first-order chi connectivity index (χ1) is 10.7. The maximum atomic E-state index is 9.01. The molecule has 22 heavy (non-hydrogen) atoms. The molecule has 0 spiro atoms. The molecule has 2 aromatic carbocycles. The van der Waals surface area contributed by atoms with Crippen LogP contribution < -0.4 is 4.87 Å². The van der Waals surface area contributed by atoms with Gasteiger partial charge in [0.15, 0.2) is 5.76 Å². The molecule has 0 atom stereocenters. The lowest BCUT2D eigenvalue weighted by Crippen LogP contribution is -1.89. The molecule has 0 radical (unpaired) electrons. The van der Waals surface area contributed by atoms with E-state index in [0.717, 1.165) is 25.5 Å². The van der Waals surface area contributed by atoms with Crippen LogP contribution in [0.2, 0.25) is 0 Å². The normalized spacial score (nSPS) is 11.4. The summed E-state index contributed by atoms with van der Waals surface area (Å²) in [6.45, 7) is 2.02. The van der Waals surface area contributed by atoms with Gasteiger partial charge in [0.2, 0.25) is 0 Å². The molecule has 0 saturated carbocycles. The quantitative estimate of drug-likeness (QED) is 0.549. The average molecular weight is 418 g/mol. The van der Waals surface area contributed by atoms with Crippen molar-refractivity contribution in [1.82, 2.24) is 0 Å². The van der Waals surface area contributed by atoms with Crippen molar-refractivity contribution in [3.8, 4) is 17.4 Å². The second-order valence-corrected chi connectivity index (χ2v) is 7.44. The van der Waals surface area contributed by atoms with Crippen molar-refractivity contribution in [2.45, 2.75) is 6.92 Å². The van der Waals surface area contributed by atoms with Gasteiger partial charge < -0.3 is 4.42 Å². The van der Waals surface area contributed by atoms with Gasteiger partial charge in [-0.15, -0.1) is 0 Å². The molecule has 0 aliphatic heterocycles. The standard InChI is InChI=1S/C17H11IN2OS/c1-11-5-2-3-8-14(11)20-17-21-15(16(18)22-17)13-7-4-6-12(9-13)10-19/h2-9H,1H3. The summed E-state index contributed by atoms with van der Waals surface area (Å²) in [5.74, 6) is 0.759. The lowest BCUT2D eigenvalue weighted by Gasteiger charge is -1.97. The largest absolute Gasteiger partial charge is 0.428 e. The van der Waals surface area contributed by atoms with E-state index < -0.39 is 0 Å². The minimum Gasteiger partial charge on any atom is -0.428 e. The molecular weight excluding hydrogens is 407 g/mol. The Bertz CT molecular complexity index is 934. The van der Waals surface area contributed by atoms with Crippen LogP contribution in [0.4, 0.5) is 5.69 Å². The smallest absolute Gasteiger partial charge is 0.280 e. The number of hydrogen-bond donors (Lipinski definition) is 0. The number of nitrogens with zero attached hydrogens (tertiary/aromatic N) is 2. The SMILES string of the molecule is Cc1ccccc1N=c1oc(-c2cccc(C#N)c2)c(I)s1. The topological polar surface area (TPSA) is 49.3 Å². The highest BCUT2D eigenvalue weighted by molar-refractivity contribution is 14.1. The highest BCUT2D eigenvalue weighted by Gasteiger charge is 2.10. The van der Waals surface area contributed by atoms with Gasteiger partial charge in [-0.05, 0) is 53.3 Å². The van der Waals surface area contributed by atoms with Crippen LogP contribution in [0, 0.1) is 21.1 Å². The number of benzene rings is 2. The highest BCUT2D eigenvalue weighted by atomic mass is 127. The summed E-state index contributed by atoms with van der Waals surface area (Å²) >= 11 is 3.74. The fourth-order valence-electron chi connectivity index (χ4n) is 2.01. The summed E-state index contributed by atoms with van der Waals surface area (Å²) in [6, 6.07) is 17.5. The summed E-state index contributed by atoms with van der Waals surface area (Å²) in [7, 11) is 0. The Kier molecular flexibility index (Phi) is 4.41. The molecule has 0 N–H and O–H groups in total. The number of nitriles is 1. The van der Waals surface area contributed by atoms with E-state index in [9.17, 15) is 0 Å². The van der Waals surface area contributed by atoms with Crippen LogP contribution in [0.15, 0.2) is 57.9 Å². The minimum atomic E-state index is 0.607. The molecule has 0 amide bonds.